The van der Waals surface area contributed by atoms with E-state index in [0.717, 1.165) is 43.8 Å². The number of nitrogens with one attached hydrogen (secondary N) is 1. The fraction of sp³-hybridized carbons (Fsp3) is 0.444. The molecule has 3 heterocycles. The molecule has 2 bridgehead atoms. The molecule has 2 saturated heterocycles. The maximum atomic E-state index is 12.9. The van der Waals surface area contributed by atoms with Gasteiger partial charge in [-0.05, 0) is 31.4 Å². The fourth-order valence-electron chi connectivity index (χ4n) is 3.71. The van der Waals surface area contributed by atoms with Gasteiger partial charge in [-0.3, -0.25) is 4.79 Å². The van der Waals surface area contributed by atoms with E-state index >= 15 is 0 Å². The minimum Gasteiger partial charge on any atom is -0.330 e. The molecular weight excluding hydrogens is 306 g/mol. The number of carbonyl (C=O) groups excluding carboxylic acids is 1. The number of amides is 1. The van der Waals surface area contributed by atoms with E-state index in [9.17, 15) is 4.79 Å². The van der Waals surface area contributed by atoms with Crippen molar-refractivity contribution < 1.29 is 4.79 Å². The Morgan fingerprint density at radius 1 is 1.22 bits per heavy atom. The van der Waals surface area contributed by atoms with Gasteiger partial charge < -0.3 is 10.2 Å². The Bertz CT molecular complexity index is 671. The van der Waals surface area contributed by atoms with Crippen LogP contribution in [0.25, 0.3) is 0 Å². The number of hydrogen-bond donors (Lipinski definition) is 1. The van der Waals surface area contributed by atoms with Gasteiger partial charge in [0.25, 0.3) is 5.91 Å². The minimum atomic E-state index is 0.122. The van der Waals surface area contributed by atoms with Crippen LogP contribution in [0.3, 0.4) is 0 Å². The number of fused-ring (bicyclic) bond motifs is 2. The lowest BCUT2D eigenvalue weighted by molar-refractivity contribution is 0.0675. The van der Waals surface area contributed by atoms with Gasteiger partial charge in [-0.15, -0.1) is 11.3 Å². The zero-order valence-electron chi connectivity index (χ0n) is 13.1. The Labute approximate surface area is 140 Å². The van der Waals surface area contributed by atoms with Gasteiger partial charge in [0.05, 0.1) is 5.01 Å². The summed E-state index contributed by atoms with van der Waals surface area (Å²) in [6.45, 7) is 1.94. The van der Waals surface area contributed by atoms with Crippen LogP contribution < -0.4 is 5.32 Å². The molecule has 1 amide bonds. The van der Waals surface area contributed by atoms with Gasteiger partial charge in [-0.2, -0.15) is 0 Å². The molecule has 0 saturated carbocycles. The first-order valence-electron chi connectivity index (χ1n) is 8.33. The second-order valence-corrected chi connectivity index (χ2v) is 7.32. The van der Waals surface area contributed by atoms with Crippen LogP contribution in [0.4, 0.5) is 0 Å². The van der Waals surface area contributed by atoms with Crippen LogP contribution in [0, 0.1) is 0 Å². The first kappa shape index (κ1) is 14.8. The molecule has 5 heteroatoms. The molecule has 2 aromatic rings. The molecule has 4 nitrogen and oxygen atoms in total. The van der Waals surface area contributed by atoms with Gasteiger partial charge in [0, 0.05) is 30.4 Å². The summed E-state index contributed by atoms with van der Waals surface area (Å²) in [5, 5.41) is 6.38. The van der Waals surface area contributed by atoms with E-state index in [2.05, 4.69) is 27.3 Å². The molecule has 1 aromatic carbocycles. The summed E-state index contributed by atoms with van der Waals surface area (Å²) >= 11 is 1.59. The number of hydrogen-bond acceptors (Lipinski definition) is 4. The molecule has 1 N–H and O–H groups in total. The lowest BCUT2D eigenvalue weighted by Gasteiger charge is -2.27. The molecule has 2 atom stereocenters. The third kappa shape index (κ3) is 3.03. The number of benzene rings is 1. The van der Waals surface area contributed by atoms with Gasteiger partial charge in [0.15, 0.2) is 0 Å². The Balaban J connectivity index is 1.51. The van der Waals surface area contributed by atoms with Crippen LogP contribution in [-0.4, -0.2) is 41.0 Å². The number of nitrogens with zero attached hydrogens (tertiary/aromatic N) is 2. The van der Waals surface area contributed by atoms with Crippen LogP contribution in [0.15, 0.2) is 35.7 Å². The predicted molar refractivity (Wildman–Crippen MR) is 91.8 cm³/mol. The molecule has 0 aliphatic carbocycles. The fourth-order valence-corrected chi connectivity index (χ4v) is 4.51. The van der Waals surface area contributed by atoms with Crippen molar-refractivity contribution >= 4 is 17.2 Å². The van der Waals surface area contributed by atoms with E-state index in [-0.39, 0.29) is 5.91 Å². The highest BCUT2D eigenvalue weighted by molar-refractivity contribution is 7.09. The summed E-state index contributed by atoms with van der Waals surface area (Å²) in [6.07, 6.45) is 4.11. The summed E-state index contributed by atoms with van der Waals surface area (Å²) in [7, 11) is 0. The Kier molecular flexibility index (Phi) is 4.14. The van der Waals surface area contributed by atoms with Crippen LogP contribution in [0.2, 0.25) is 0 Å². The molecule has 120 valence electrons. The highest BCUT2D eigenvalue weighted by Crippen LogP contribution is 2.30. The van der Waals surface area contributed by atoms with Crippen molar-refractivity contribution in [3.63, 3.8) is 0 Å². The molecule has 2 aliphatic heterocycles. The predicted octanol–water partition coefficient (Wildman–Crippen LogP) is 2.70. The monoisotopic (exact) mass is 327 g/mol. The average Bonchev–Trinajstić information content (AvgIpc) is 3.11. The van der Waals surface area contributed by atoms with Crippen LogP contribution in [0.5, 0.6) is 0 Å². The van der Waals surface area contributed by atoms with Gasteiger partial charge in [-0.25, -0.2) is 4.98 Å². The van der Waals surface area contributed by atoms with E-state index in [1.807, 2.05) is 23.6 Å². The van der Waals surface area contributed by atoms with Crippen LogP contribution in [0.1, 0.15) is 40.3 Å². The Morgan fingerprint density at radius 3 is 2.91 bits per heavy atom. The normalized spacial score (nSPS) is 23.7. The van der Waals surface area contributed by atoms with E-state index < -0.39 is 0 Å². The van der Waals surface area contributed by atoms with Gasteiger partial charge in [-0.1, -0.05) is 30.3 Å². The summed E-state index contributed by atoms with van der Waals surface area (Å²) in [5.74, 6) is 0.122. The molecule has 0 radical (unpaired) electrons. The lowest BCUT2D eigenvalue weighted by Crippen LogP contribution is -2.42. The van der Waals surface area contributed by atoms with Gasteiger partial charge in [0.2, 0.25) is 0 Å². The quantitative estimate of drug-likeness (QED) is 0.943. The minimum absolute atomic E-state index is 0.122. The van der Waals surface area contributed by atoms with Gasteiger partial charge >= 0.3 is 0 Å². The van der Waals surface area contributed by atoms with E-state index in [0.29, 0.717) is 17.8 Å². The smallest absolute Gasteiger partial charge is 0.273 e. The summed E-state index contributed by atoms with van der Waals surface area (Å²) < 4.78 is 0. The third-order valence-corrected chi connectivity index (χ3v) is 5.71. The second kappa shape index (κ2) is 6.42. The van der Waals surface area contributed by atoms with Crippen molar-refractivity contribution in [1.29, 1.82) is 0 Å². The molecule has 2 unspecified atom stereocenters. The van der Waals surface area contributed by atoms with Crippen molar-refractivity contribution in [1.82, 2.24) is 15.2 Å². The number of carbonyl (C=O) groups is 1. The summed E-state index contributed by atoms with van der Waals surface area (Å²) in [4.78, 5) is 19.6. The number of rotatable bonds is 3. The molecule has 2 fully saturated rings. The van der Waals surface area contributed by atoms with Crippen LogP contribution in [-0.2, 0) is 6.42 Å². The Hall–Kier alpha value is -1.72. The molecule has 2 aliphatic rings. The second-order valence-electron chi connectivity index (χ2n) is 6.38. The van der Waals surface area contributed by atoms with Crippen molar-refractivity contribution in [2.75, 3.05) is 13.1 Å². The molecule has 1 aromatic heterocycles. The number of aromatic nitrogens is 1. The molecule has 0 spiro atoms. The average molecular weight is 327 g/mol. The van der Waals surface area contributed by atoms with E-state index in [1.165, 1.54) is 5.56 Å². The van der Waals surface area contributed by atoms with Gasteiger partial charge in [0.1, 0.15) is 5.69 Å². The zero-order valence-corrected chi connectivity index (χ0v) is 13.9. The zero-order chi connectivity index (χ0) is 15.6. The maximum absolute atomic E-state index is 12.9. The van der Waals surface area contributed by atoms with Crippen molar-refractivity contribution in [3.05, 3.63) is 52.0 Å². The molecular formula is C18H21N3OS. The largest absolute Gasteiger partial charge is 0.330 e. The maximum Gasteiger partial charge on any atom is 0.273 e. The van der Waals surface area contributed by atoms with E-state index in [4.69, 9.17) is 0 Å². The lowest BCUT2D eigenvalue weighted by atomic mass is 10.1. The standard InChI is InChI=1S/C18H21N3OS/c22-18(21-14-6-7-15(21)11-19-9-8-14)16-12-23-17(20-16)10-13-4-2-1-3-5-13/h1-5,12,14-15,19H,6-11H2. The van der Waals surface area contributed by atoms with Crippen molar-refractivity contribution in [3.8, 4) is 0 Å². The number of thiazole rings is 1. The first-order valence-corrected chi connectivity index (χ1v) is 9.21. The van der Waals surface area contributed by atoms with Crippen LogP contribution >= 0.6 is 11.3 Å². The van der Waals surface area contributed by atoms with E-state index in [1.54, 1.807) is 11.3 Å². The SMILES string of the molecule is O=C(c1csc(Cc2ccccc2)n1)N1C2CCNCC1CC2. The summed E-state index contributed by atoms with van der Waals surface area (Å²) in [6, 6.07) is 11.0. The highest BCUT2D eigenvalue weighted by Gasteiger charge is 2.38. The topological polar surface area (TPSA) is 45.2 Å². The first-order chi connectivity index (χ1) is 11.3. The molecule has 23 heavy (non-hydrogen) atoms. The molecule has 4 rings (SSSR count). The van der Waals surface area contributed by atoms with Crippen molar-refractivity contribution in [2.45, 2.75) is 37.8 Å². The summed E-state index contributed by atoms with van der Waals surface area (Å²) in [5.41, 5.74) is 1.86. The van der Waals surface area contributed by atoms with Crippen molar-refractivity contribution in [2.24, 2.45) is 0 Å². The highest BCUT2D eigenvalue weighted by atomic mass is 32.1. The third-order valence-electron chi connectivity index (χ3n) is 4.86. The Morgan fingerprint density at radius 2 is 2.04 bits per heavy atom.